The second-order valence-corrected chi connectivity index (χ2v) is 7.09. The van der Waals surface area contributed by atoms with E-state index in [1.165, 1.54) is 77.9 Å². The van der Waals surface area contributed by atoms with Crippen LogP contribution in [0.5, 0.6) is 0 Å². The number of likely N-dealkylation sites (N-methyl/N-ethyl adjacent to an activating group) is 2. The van der Waals surface area contributed by atoms with E-state index in [9.17, 15) is 0 Å². The van der Waals surface area contributed by atoms with Crippen molar-refractivity contribution in [2.24, 2.45) is 0 Å². The molecule has 1 saturated carbocycles. The van der Waals surface area contributed by atoms with Crippen LogP contribution >= 0.6 is 0 Å². The SMILES string of the molecule is CCCNC1CCC(N(C)CCN2CCN(C)CC2)CC1. The highest BCUT2D eigenvalue weighted by Crippen LogP contribution is 2.22. The first-order valence-electron chi connectivity index (χ1n) is 9.03. The zero-order valence-electron chi connectivity index (χ0n) is 14.5. The summed E-state index contributed by atoms with van der Waals surface area (Å²) in [5.41, 5.74) is 0. The van der Waals surface area contributed by atoms with Gasteiger partial charge in [-0.25, -0.2) is 0 Å². The first-order chi connectivity index (χ1) is 10.2. The average molecular weight is 297 g/mol. The molecule has 4 nitrogen and oxygen atoms in total. The summed E-state index contributed by atoms with van der Waals surface area (Å²) in [6.45, 7) is 10.9. The Morgan fingerprint density at radius 2 is 1.71 bits per heavy atom. The van der Waals surface area contributed by atoms with Crippen molar-refractivity contribution in [1.82, 2.24) is 20.0 Å². The summed E-state index contributed by atoms with van der Waals surface area (Å²) in [7, 11) is 4.56. The smallest absolute Gasteiger partial charge is 0.0110 e. The summed E-state index contributed by atoms with van der Waals surface area (Å²) < 4.78 is 0. The fourth-order valence-corrected chi connectivity index (χ4v) is 3.62. The number of hydrogen-bond acceptors (Lipinski definition) is 4. The van der Waals surface area contributed by atoms with Crippen LogP contribution in [0.15, 0.2) is 0 Å². The van der Waals surface area contributed by atoms with Gasteiger partial charge in [0, 0.05) is 51.4 Å². The van der Waals surface area contributed by atoms with E-state index in [4.69, 9.17) is 0 Å². The van der Waals surface area contributed by atoms with Crippen molar-refractivity contribution in [3.05, 3.63) is 0 Å². The first kappa shape index (κ1) is 17.2. The van der Waals surface area contributed by atoms with Gasteiger partial charge in [0.25, 0.3) is 0 Å². The maximum absolute atomic E-state index is 3.69. The molecule has 1 heterocycles. The van der Waals surface area contributed by atoms with Gasteiger partial charge in [-0.2, -0.15) is 0 Å². The predicted octanol–water partition coefficient (Wildman–Crippen LogP) is 1.48. The molecule has 0 bridgehead atoms. The largest absolute Gasteiger partial charge is 0.314 e. The molecule has 0 aromatic carbocycles. The Hall–Kier alpha value is -0.160. The van der Waals surface area contributed by atoms with Gasteiger partial charge in [0.2, 0.25) is 0 Å². The number of hydrogen-bond donors (Lipinski definition) is 1. The molecule has 1 N–H and O–H groups in total. The van der Waals surface area contributed by atoms with Gasteiger partial charge in [-0.1, -0.05) is 6.92 Å². The van der Waals surface area contributed by atoms with E-state index < -0.39 is 0 Å². The van der Waals surface area contributed by atoms with E-state index in [0.29, 0.717) is 0 Å². The second-order valence-electron chi connectivity index (χ2n) is 7.09. The van der Waals surface area contributed by atoms with Crippen LogP contribution < -0.4 is 5.32 Å². The number of nitrogens with zero attached hydrogens (tertiary/aromatic N) is 3. The lowest BCUT2D eigenvalue weighted by Crippen LogP contribution is -2.48. The van der Waals surface area contributed by atoms with Crippen LogP contribution in [-0.4, -0.2) is 86.7 Å². The summed E-state index contributed by atoms with van der Waals surface area (Å²) >= 11 is 0. The molecule has 2 fully saturated rings. The molecule has 0 unspecified atom stereocenters. The van der Waals surface area contributed by atoms with Gasteiger partial charge in [0.15, 0.2) is 0 Å². The number of nitrogens with one attached hydrogen (secondary N) is 1. The van der Waals surface area contributed by atoms with Crippen LogP contribution in [-0.2, 0) is 0 Å². The predicted molar refractivity (Wildman–Crippen MR) is 90.9 cm³/mol. The van der Waals surface area contributed by atoms with Gasteiger partial charge in [-0.15, -0.1) is 0 Å². The second kappa shape index (κ2) is 9.09. The molecule has 124 valence electrons. The minimum atomic E-state index is 0.784. The molecule has 0 radical (unpaired) electrons. The highest BCUT2D eigenvalue weighted by atomic mass is 15.3. The number of rotatable bonds is 7. The number of piperazine rings is 1. The molecule has 21 heavy (non-hydrogen) atoms. The third-order valence-electron chi connectivity index (χ3n) is 5.37. The Morgan fingerprint density at radius 1 is 1.05 bits per heavy atom. The third-order valence-corrected chi connectivity index (χ3v) is 5.37. The molecule has 0 amide bonds. The van der Waals surface area contributed by atoms with E-state index >= 15 is 0 Å². The summed E-state index contributed by atoms with van der Waals surface area (Å²) in [5, 5.41) is 3.69. The van der Waals surface area contributed by atoms with Crippen molar-refractivity contribution < 1.29 is 0 Å². The Bertz CT molecular complexity index is 268. The van der Waals surface area contributed by atoms with Gasteiger partial charge in [-0.05, 0) is 52.7 Å². The molecule has 2 rings (SSSR count). The summed E-state index contributed by atoms with van der Waals surface area (Å²) in [6, 6.07) is 1.60. The van der Waals surface area contributed by atoms with E-state index in [1.54, 1.807) is 0 Å². The normalized spacial score (nSPS) is 29.1. The summed E-state index contributed by atoms with van der Waals surface area (Å²) in [6.07, 6.45) is 6.74. The Morgan fingerprint density at radius 3 is 2.33 bits per heavy atom. The fraction of sp³-hybridized carbons (Fsp3) is 1.00. The molecular formula is C17H36N4. The lowest BCUT2D eigenvalue weighted by atomic mass is 9.90. The lowest BCUT2D eigenvalue weighted by Gasteiger charge is -2.37. The third kappa shape index (κ3) is 5.85. The van der Waals surface area contributed by atoms with Crippen molar-refractivity contribution in [2.75, 3.05) is 59.9 Å². The molecule has 1 saturated heterocycles. The molecule has 1 aliphatic carbocycles. The molecule has 0 aromatic heterocycles. The average Bonchev–Trinajstić information content (AvgIpc) is 2.52. The maximum Gasteiger partial charge on any atom is 0.0110 e. The quantitative estimate of drug-likeness (QED) is 0.768. The maximum atomic E-state index is 3.69. The van der Waals surface area contributed by atoms with Crippen LogP contribution in [0.25, 0.3) is 0 Å². The Balaban J connectivity index is 1.60. The van der Waals surface area contributed by atoms with Crippen molar-refractivity contribution in [2.45, 2.75) is 51.1 Å². The first-order valence-corrected chi connectivity index (χ1v) is 9.03. The van der Waals surface area contributed by atoms with Crippen LogP contribution in [0, 0.1) is 0 Å². The standard InChI is InChI=1S/C17H36N4/c1-4-9-18-16-5-7-17(8-6-16)20(3)12-15-21-13-10-19(2)11-14-21/h16-18H,4-15H2,1-3H3. The zero-order chi connectivity index (χ0) is 15.1. The van der Waals surface area contributed by atoms with Gasteiger partial charge in [-0.3, -0.25) is 4.90 Å². The molecule has 0 aromatic rings. The van der Waals surface area contributed by atoms with Gasteiger partial charge >= 0.3 is 0 Å². The molecular weight excluding hydrogens is 260 g/mol. The van der Waals surface area contributed by atoms with Crippen molar-refractivity contribution in [1.29, 1.82) is 0 Å². The Labute approximate surface area is 131 Å². The minimum absolute atomic E-state index is 0.784. The topological polar surface area (TPSA) is 21.8 Å². The summed E-state index contributed by atoms with van der Waals surface area (Å²) in [4.78, 5) is 7.68. The van der Waals surface area contributed by atoms with Gasteiger partial charge in [0.1, 0.15) is 0 Å². The van der Waals surface area contributed by atoms with Crippen LogP contribution in [0.1, 0.15) is 39.0 Å². The van der Waals surface area contributed by atoms with Crippen LogP contribution in [0.3, 0.4) is 0 Å². The van der Waals surface area contributed by atoms with E-state index in [0.717, 1.165) is 12.1 Å². The molecule has 4 heteroatoms. The van der Waals surface area contributed by atoms with E-state index in [1.807, 2.05) is 0 Å². The van der Waals surface area contributed by atoms with Gasteiger partial charge in [0.05, 0.1) is 0 Å². The molecule has 2 aliphatic rings. The molecule has 0 atom stereocenters. The highest BCUT2D eigenvalue weighted by molar-refractivity contribution is 4.82. The van der Waals surface area contributed by atoms with Crippen molar-refractivity contribution in [3.63, 3.8) is 0 Å². The van der Waals surface area contributed by atoms with Gasteiger partial charge < -0.3 is 15.1 Å². The Kier molecular flexibility index (Phi) is 7.44. The minimum Gasteiger partial charge on any atom is -0.314 e. The van der Waals surface area contributed by atoms with Crippen LogP contribution in [0.4, 0.5) is 0 Å². The van der Waals surface area contributed by atoms with E-state index in [2.05, 4.69) is 41.0 Å². The van der Waals surface area contributed by atoms with Crippen molar-refractivity contribution >= 4 is 0 Å². The highest BCUT2D eigenvalue weighted by Gasteiger charge is 2.24. The summed E-state index contributed by atoms with van der Waals surface area (Å²) in [5.74, 6) is 0. The lowest BCUT2D eigenvalue weighted by molar-refractivity contribution is 0.117. The van der Waals surface area contributed by atoms with Crippen LogP contribution in [0.2, 0.25) is 0 Å². The molecule has 0 spiro atoms. The monoisotopic (exact) mass is 296 g/mol. The molecule has 1 aliphatic heterocycles. The fourth-order valence-electron chi connectivity index (χ4n) is 3.62. The zero-order valence-corrected chi connectivity index (χ0v) is 14.5. The van der Waals surface area contributed by atoms with E-state index in [-0.39, 0.29) is 0 Å². The van der Waals surface area contributed by atoms with Crippen molar-refractivity contribution in [3.8, 4) is 0 Å².